The summed E-state index contributed by atoms with van der Waals surface area (Å²) in [5.74, 6) is -0.637. The minimum Gasteiger partial charge on any atom is -0.384 e. The van der Waals surface area contributed by atoms with Crippen LogP contribution in [0.5, 0.6) is 0 Å². The van der Waals surface area contributed by atoms with Crippen LogP contribution < -0.4 is 10.6 Å². The lowest BCUT2D eigenvalue weighted by molar-refractivity contribution is 0.102. The summed E-state index contributed by atoms with van der Waals surface area (Å²) in [6, 6.07) is 9.98. The summed E-state index contributed by atoms with van der Waals surface area (Å²) >= 11 is 3.08. The zero-order valence-electron chi connectivity index (χ0n) is 10.5. The lowest BCUT2D eigenvalue weighted by Crippen LogP contribution is -2.12. The molecule has 0 fully saturated rings. The molecule has 0 radical (unpaired) electrons. The third-order valence-electron chi connectivity index (χ3n) is 3.25. The number of carbonyl (C=O) groups excluding carboxylic acids is 1. The van der Waals surface area contributed by atoms with E-state index in [1.165, 1.54) is 23.8 Å². The Labute approximate surface area is 124 Å². The molecule has 0 aromatic heterocycles. The van der Waals surface area contributed by atoms with E-state index in [-0.39, 0.29) is 16.2 Å². The number of carbonyl (C=O) groups is 1. The topological polar surface area (TPSA) is 41.1 Å². The summed E-state index contributed by atoms with van der Waals surface area (Å²) in [6.45, 7) is 0.928. The first-order valence-corrected chi connectivity index (χ1v) is 7.06. The molecule has 102 valence electrons. The summed E-state index contributed by atoms with van der Waals surface area (Å²) < 4.78 is 13.4. The van der Waals surface area contributed by atoms with Crippen LogP contribution in [0.1, 0.15) is 15.9 Å². The summed E-state index contributed by atoms with van der Waals surface area (Å²) in [4.78, 5) is 12.1. The van der Waals surface area contributed by atoms with Gasteiger partial charge in [-0.05, 0) is 64.3 Å². The number of amides is 1. The van der Waals surface area contributed by atoms with E-state index in [0.717, 1.165) is 24.3 Å². The van der Waals surface area contributed by atoms with Crippen molar-refractivity contribution in [1.82, 2.24) is 0 Å². The number of halogens is 2. The molecule has 3 rings (SSSR count). The van der Waals surface area contributed by atoms with Gasteiger partial charge in [0.15, 0.2) is 0 Å². The van der Waals surface area contributed by atoms with Crippen molar-refractivity contribution in [2.75, 3.05) is 17.2 Å². The largest absolute Gasteiger partial charge is 0.384 e. The van der Waals surface area contributed by atoms with Crippen LogP contribution in [0.3, 0.4) is 0 Å². The van der Waals surface area contributed by atoms with Gasteiger partial charge in [-0.2, -0.15) is 0 Å². The number of hydrogen-bond donors (Lipinski definition) is 2. The lowest BCUT2D eigenvalue weighted by Gasteiger charge is -2.08. The van der Waals surface area contributed by atoms with Gasteiger partial charge in [0.05, 0.1) is 4.47 Å². The van der Waals surface area contributed by atoms with E-state index in [2.05, 4.69) is 26.6 Å². The lowest BCUT2D eigenvalue weighted by atomic mass is 10.1. The van der Waals surface area contributed by atoms with Gasteiger partial charge in [0.1, 0.15) is 5.82 Å². The number of nitrogens with one attached hydrogen (secondary N) is 2. The normalized spacial score (nSPS) is 12.7. The maximum atomic E-state index is 13.2. The van der Waals surface area contributed by atoms with E-state index in [4.69, 9.17) is 0 Å². The Hall–Kier alpha value is -1.88. The summed E-state index contributed by atoms with van der Waals surface area (Å²) in [7, 11) is 0. The Morgan fingerprint density at radius 2 is 2.10 bits per heavy atom. The number of benzene rings is 2. The molecule has 3 nitrogen and oxygen atoms in total. The fourth-order valence-corrected chi connectivity index (χ4v) is 2.60. The first-order chi connectivity index (χ1) is 9.63. The molecule has 1 aliphatic heterocycles. The van der Waals surface area contributed by atoms with E-state index in [9.17, 15) is 9.18 Å². The quantitative estimate of drug-likeness (QED) is 0.876. The molecule has 1 aliphatic rings. The standard InChI is InChI=1S/C15H12BrFN2O/c16-12-8-10(1-3-13(12)17)15(20)19-11-2-4-14-9(7-11)5-6-18-14/h1-4,7-8,18H,5-6H2,(H,19,20). The van der Waals surface area contributed by atoms with Crippen molar-refractivity contribution >= 4 is 33.2 Å². The molecule has 1 heterocycles. The Morgan fingerprint density at radius 1 is 1.25 bits per heavy atom. The second-order valence-corrected chi connectivity index (χ2v) is 5.49. The predicted molar refractivity (Wildman–Crippen MR) is 80.7 cm³/mol. The molecule has 0 saturated carbocycles. The predicted octanol–water partition coefficient (Wildman–Crippen LogP) is 3.81. The molecule has 0 bridgehead atoms. The van der Waals surface area contributed by atoms with Crippen LogP contribution >= 0.6 is 15.9 Å². The van der Waals surface area contributed by atoms with E-state index in [1.807, 2.05) is 18.2 Å². The molecule has 0 saturated heterocycles. The van der Waals surface area contributed by atoms with Crippen LogP contribution in [0.4, 0.5) is 15.8 Å². The van der Waals surface area contributed by atoms with Crippen molar-refractivity contribution in [2.45, 2.75) is 6.42 Å². The second-order valence-electron chi connectivity index (χ2n) is 4.63. The van der Waals surface area contributed by atoms with Crippen molar-refractivity contribution in [3.8, 4) is 0 Å². The van der Waals surface area contributed by atoms with Crippen molar-refractivity contribution in [2.24, 2.45) is 0 Å². The zero-order chi connectivity index (χ0) is 14.1. The van der Waals surface area contributed by atoms with Gasteiger partial charge in [-0.25, -0.2) is 4.39 Å². The molecule has 2 aromatic carbocycles. The Kier molecular flexibility index (Phi) is 3.44. The summed E-state index contributed by atoms with van der Waals surface area (Å²) in [5, 5.41) is 6.09. The van der Waals surface area contributed by atoms with Crippen molar-refractivity contribution in [3.63, 3.8) is 0 Å². The van der Waals surface area contributed by atoms with E-state index >= 15 is 0 Å². The molecular weight excluding hydrogens is 323 g/mol. The van der Waals surface area contributed by atoms with Crippen LogP contribution in [0.2, 0.25) is 0 Å². The molecule has 1 amide bonds. The van der Waals surface area contributed by atoms with Gasteiger partial charge >= 0.3 is 0 Å². The van der Waals surface area contributed by atoms with Crippen LogP contribution in [-0.4, -0.2) is 12.5 Å². The van der Waals surface area contributed by atoms with Crippen molar-refractivity contribution in [1.29, 1.82) is 0 Å². The summed E-state index contributed by atoms with van der Waals surface area (Å²) in [6.07, 6.45) is 0.959. The summed E-state index contributed by atoms with van der Waals surface area (Å²) in [5.41, 5.74) is 3.48. The number of rotatable bonds is 2. The SMILES string of the molecule is O=C(Nc1ccc2c(c1)CCN2)c1ccc(F)c(Br)c1. The van der Waals surface area contributed by atoms with Gasteiger partial charge < -0.3 is 10.6 Å². The Morgan fingerprint density at radius 3 is 2.90 bits per heavy atom. The third kappa shape index (κ3) is 2.54. The maximum absolute atomic E-state index is 13.2. The van der Waals surface area contributed by atoms with Crippen molar-refractivity contribution in [3.05, 3.63) is 57.8 Å². The molecule has 20 heavy (non-hydrogen) atoms. The maximum Gasteiger partial charge on any atom is 0.255 e. The van der Waals surface area contributed by atoms with Crippen LogP contribution in [0.15, 0.2) is 40.9 Å². The van der Waals surface area contributed by atoms with Crippen molar-refractivity contribution < 1.29 is 9.18 Å². The van der Waals surface area contributed by atoms with Gasteiger partial charge in [0, 0.05) is 23.5 Å². The van der Waals surface area contributed by atoms with E-state index < -0.39 is 0 Å². The smallest absolute Gasteiger partial charge is 0.255 e. The molecule has 5 heteroatoms. The molecule has 0 aliphatic carbocycles. The van der Waals surface area contributed by atoms with Gasteiger partial charge in [0.2, 0.25) is 0 Å². The Bertz CT molecular complexity index is 688. The molecular formula is C15H12BrFN2O. The van der Waals surface area contributed by atoms with Gasteiger partial charge in [-0.1, -0.05) is 0 Å². The van der Waals surface area contributed by atoms with E-state index in [1.54, 1.807) is 0 Å². The minimum atomic E-state index is -0.384. The highest BCUT2D eigenvalue weighted by Gasteiger charge is 2.12. The average Bonchev–Trinajstić information content (AvgIpc) is 2.89. The van der Waals surface area contributed by atoms with Gasteiger partial charge in [0.25, 0.3) is 5.91 Å². The third-order valence-corrected chi connectivity index (χ3v) is 3.86. The average molecular weight is 335 g/mol. The molecule has 2 N–H and O–H groups in total. The monoisotopic (exact) mass is 334 g/mol. The van der Waals surface area contributed by atoms with Gasteiger partial charge in [-0.15, -0.1) is 0 Å². The fourth-order valence-electron chi connectivity index (χ4n) is 2.22. The Balaban J connectivity index is 1.80. The van der Waals surface area contributed by atoms with Gasteiger partial charge in [-0.3, -0.25) is 4.79 Å². The van der Waals surface area contributed by atoms with Crippen LogP contribution in [0, 0.1) is 5.82 Å². The molecule has 2 aromatic rings. The molecule has 0 spiro atoms. The first kappa shape index (κ1) is 13.1. The first-order valence-electron chi connectivity index (χ1n) is 6.27. The minimum absolute atomic E-state index is 0.253. The highest BCUT2D eigenvalue weighted by molar-refractivity contribution is 9.10. The molecule has 0 atom stereocenters. The number of anilines is 2. The van der Waals surface area contributed by atoms with Crippen LogP contribution in [-0.2, 0) is 6.42 Å². The zero-order valence-corrected chi connectivity index (χ0v) is 12.1. The highest BCUT2D eigenvalue weighted by Crippen LogP contribution is 2.25. The fraction of sp³-hybridized carbons (Fsp3) is 0.133. The molecule has 0 unspecified atom stereocenters. The van der Waals surface area contributed by atoms with Crippen LogP contribution in [0.25, 0.3) is 0 Å². The second kappa shape index (κ2) is 5.25. The van der Waals surface area contributed by atoms with E-state index in [0.29, 0.717) is 5.56 Å². The highest BCUT2D eigenvalue weighted by atomic mass is 79.9. The number of fused-ring (bicyclic) bond motifs is 1. The number of hydrogen-bond acceptors (Lipinski definition) is 2.